The molecule has 3 aromatic heterocycles. The molecule has 1 saturated heterocycles. The second kappa shape index (κ2) is 12.2. The van der Waals surface area contributed by atoms with Crippen LogP contribution in [0.1, 0.15) is 40.2 Å². The zero-order valence-electron chi connectivity index (χ0n) is 23.2. The first-order valence-electron chi connectivity index (χ1n) is 14.0. The Hall–Kier alpha value is -3.77. The molecule has 1 aliphatic rings. The van der Waals surface area contributed by atoms with Gasteiger partial charge in [0.1, 0.15) is 17.9 Å². The van der Waals surface area contributed by atoms with Gasteiger partial charge in [-0.1, -0.05) is 24.3 Å². The standard InChI is InChI=1S/C31H33N5O4S2/c32-18-26-8-7-24-17-29(31(37)40-13-12-35-10-3-4-11-35)36(30(24)33-26)19-25-16-27(15-23-5-1-2-6-28(23)25)34-42(38,39)21-22-9-14-41-20-22/h1-2,5-9,14-17,20,34H,3-4,10-13,18-19,21,32H2. The molecule has 0 spiro atoms. The second-order valence-electron chi connectivity index (χ2n) is 10.6. The molecule has 0 amide bonds. The van der Waals surface area contributed by atoms with Gasteiger partial charge in [0.15, 0.2) is 0 Å². The molecule has 2 aromatic carbocycles. The van der Waals surface area contributed by atoms with E-state index in [2.05, 4.69) is 9.62 Å². The third-order valence-electron chi connectivity index (χ3n) is 7.55. The summed E-state index contributed by atoms with van der Waals surface area (Å²) in [7, 11) is -3.64. The number of thiophene rings is 1. The molecule has 3 N–H and O–H groups in total. The Morgan fingerprint density at radius 3 is 2.67 bits per heavy atom. The summed E-state index contributed by atoms with van der Waals surface area (Å²) in [6.07, 6.45) is 2.35. The Balaban J connectivity index is 1.35. The predicted molar refractivity (Wildman–Crippen MR) is 167 cm³/mol. The molecule has 6 rings (SSSR count). The molecule has 0 unspecified atom stereocenters. The van der Waals surface area contributed by atoms with Gasteiger partial charge in [0.05, 0.1) is 18.0 Å². The van der Waals surface area contributed by atoms with E-state index in [1.165, 1.54) is 24.2 Å². The highest BCUT2D eigenvalue weighted by Gasteiger charge is 2.21. The molecule has 0 aliphatic carbocycles. The van der Waals surface area contributed by atoms with Crippen LogP contribution in [0.5, 0.6) is 0 Å². The van der Waals surface area contributed by atoms with Crippen LogP contribution in [0, 0.1) is 0 Å². The maximum atomic E-state index is 13.4. The number of carbonyl (C=O) groups excluding carboxylic acids is 1. The van der Waals surface area contributed by atoms with Crippen molar-refractivity contribution in [3.63, 3.8) is 0 Å². The third kappa shape index (κ3) is 6.34. The highest BCUT2D eigenvalue weighted by Crippen LogP contribution is 2.29. The van der Waals surface area contributed by atoms with Gasteiger partial charge in [-0.3, -0.25) is 9.62 Å². The number of hydrogen-bond donors (Lipinski definition) is 2. The number of sulfonamides is 1. The van der Waals surface area contributed by atoms with E-state index in [0.29, 0.717) is 35.9 Å². The minimum atomic E-state index is -3.64. The Morgan fingerprint density at radius 1 is 1.05 bits per heavy atom. The number of carbonyl (C=O) groups is 1. The van der Waals surface area contributed by atoms with E-state index in [-0.39, 0.29) is 18.8 Å². The summed E-state index contributed by atoms with van der Waals surface area (Å²) in [6, 6.07) is 18.8. The molecular weight excluding hydrogens is 571 g/mol. The van der Waals surface area contributed by atoms with E-state index in [4.69, 9.17) is 15.5 Å². The van der Waals surface area contributed by atoms with Crippen LogP contribution in [0.4, 0.5) is 5.69 Å². The van der Waals surface area contributed by atoms with Crippen LogP contribution in [0.3, 0.4) is 0 Å². The van der Waals surface area contributed by atoms with Gasteiger partial charge in [0.25, 0.3) is 0 Å². The number of nitrogens with zero attached hydrogens (tertiary/aromatic N) is 3. The molecule has 0 saturated carbocycles. The van der Waals surface area contributed by atoms with E-state index in [1.54, 1.807) is 12.1 Å². The first-order valence-corrected chi connectivity index (χ1v) is 16.6. The van der Waals surface area contributed by atoms with Crippen molar-refractivity contribution in [2.24, 2.45) is 5.73 Å². The number of benzene rings is 2. The summed E-state index contributed by atoms with van der Waals surface area (Å²) in [5, 5.41) is 6.32. The number of anilines is 1. The van der Waals surface area contributed by atoms with Crippen molar-refractivity contribution < 1.29 is 17.9 Å². The lowest BCUT2D eigenvalue weighted by Gasteiger charge is -2.16. The van der Waals surface area contributed by atoms with Crippen molar-refractivity contribution >= 4 is 54.8 Å². The largest absolute Gasteiger partial charge is 0.460 e. The smallest absolute Gasteiger partial charge is 0.355 e. The second-order valence-corrected chi connectivity index (χ2v) is 13.1. The van der Waals surface area contributed by atoms with Crippen molar-refractivity contribution in [1.82, 2.24) is 14.5 Å². The maximum absolute atomic E-state index is 13.4. The molecule has 1 aliphatic heterocycles. The molecule has 4 heterocycles. The molecule has 42 heavy (non-hydrogen) atoms. The molecule has 0 radical (unpaired) electrons. The summed E-state index contributed by atoms with van der Waals surface area (Å²) in [5.74, 6) is -0.529. The number of fused-ring (bicyclic) bond motifs is 2. The summed E-state index contributed by atoms with van der Waals surface area (Å²) in [4.78, 5) is 20.5. The minimum Gasteiger partial charge on any atom is -0.460 e. The van der Waals surface area contributed by atoms with Crippen LogP contribution < -0.4 is 10.5 Å². The van der Waals surface area contributed by atoms with Crippen molar-refractivity contribution in [1.29, 1.82) is 0 Å². The van der Waals surface area contributed by atoms with Crippen molar-refractivity contribution in [3.05, 3.63) is 93.9 Å². The number of nitrogens with one attached hydrogen (secondary N) is 1. The van der Waals surface area contributed by atoms with Gasteiger partial charge >= 0.3 is 5.97 Å². The van der Waals surface area contributed by atoms with Crippen LogP contribution in [0.25, 0.3) is 21.8 Å². The van der Waals surface area contributed by atoms with E-state index >= 15 is 0 Å². The topological polar surface area (TPSA) is 120 Å². The normalized spacial score (nSPS) is 14.1. The number of ether oxygens (including phenoxy) is 1. The Labute approximate surface area is 249 Å². The van der Waals surface area contributed by atoms with Crippen LogP contribution in [-0.2, 0) is 33.6 Å². The van der Waals surface area contributed by atoms with Gasteiger partial charge in [-0.15, -0.1) is 0 Å². The van der Waals surface area contributed by atoms with Gasteiger partial charge in [-0.05, 0) is 95.0 Å². The van der Waals surface area contributed by atoms with E-state index < -0.39 is 16.0 Å². The molecule has 1 fully saturated rings. The van der Waals surface area contributed by atoms with Crippen molar-refractivity contribution in [2.75, 3.05) is 31.0 Å². The first kappa shape index (κ1) is 28.4. The number of hydrogen-bond acceptors (Lipinski definition) is 8. The summed E-state index contributed by atoms with van der Waals surface area (Å²) < 4.78 is 36.4. The fourth-order valence-electron chi connectivity index (χ4n) is 5.52. The third-order valence-corrected chi connectivity index (χ3v) is 9.54. The average Bonchev–Trinajstić information content (AvgIpc) is 3.75. The molecular formula is C31H33N5O4S2. The van der Waals surface area contributed by atoms with Crippen LogP contribution in [0.15, 0.2) is 71.4 Å². The van der Waals surface area contributed by atoms with E-state index in [9.17, 15) is 13.2 Å². The fraction of sp³-hybridized carbons (Fsp3) is 0.290. The molecule has 11 heteroatoms. The average molecular weight is 604 g/mol. The SMILES string of the molecule is NCc1ccc2cc(C(=O)OCCN3CCCC3)n(Cc3cc(NS(=O)(=O)Cc4ccsc4)cc4ccccc34)c2n1. The minimum absolute atomic E-state index is 0.111. The van der Waals surface area contributed by atoms with Gasteiger partial charge in [0.2, 0.25) is 10.0 Å². The number of nitrogens with two attached hydrogens (primary N) is 1. The molecule has 5 aromatic rings. The lowest BCUT2D eigenvalue weighted by atomic mass is 10.0. The van der Waals surface area contributed by atoms with E-state index in [1.807, 2.05) is 63.9 Å². The van der Waals surface area contributed by atoms with Gasteiger partial charge in [0, 0.05) is 24.2 Å². The highest BCUT2D eigenvalue weighted by atomic mass is 32.2. The zero-order chi connectivity index (χ0) is 29.1. The van der Waals surface area contributed by atoms with E-state index in [0.717, 1.165) is 40.4 Å². The predicted octanol–water partition coefficient (Wildman–Crippen LogP) is 4.95. The molecule has 0 bridgehead atoms. The van der Waals surface area contributed by atoms with Gasteiger partial charge < -0.3 is 15.0 Å². The zero-order valence-corrected chi connectivity index (χ0v) is 24.8. The van der Waals surface area contributed by atoms with Gasteiger partial charge in [-0.2, -0.15) is 11.3 Å². The Morgan fingerprint density at radius 2 is 1.88 bits per heavy atom. The lowest BCUT2D eigenvalue weighted by Crippen LogP contribution is -2.25. The first-order chi connectivity index (χ1) is 20.4. The van der Waals surface area contributed by atoms with Crippen LogP contribution in [0.2, 0.25) is 0 Å². The summed E-state index contributed by atoms with van der Waals surface area (Å²) >= 11 is 1.46. The lowest BCUT2D eigenvalue weighted by molar-refractivity contribution is 0.0461. The Kier molecular flexibility index (Phi) is 8.25. The number of esters is 1. The molecule has 9 nitrogen and oxygen atoms in total. The number of aromatic nitrogens is 2. The summed E-state index contributed by atoms with van der Waals surface area (Å²) in [6.45, 7) is 3.63. The summed E-state index contributed by atoms with van der Waals surface area (Å²) in [5.41, 5.74) is 9.66. The van der Waals surface area contributed by atoms with Crippen LogP contribution >= 0.6 is 11.3 Å². The van der Waals surface area contributed by atoms with Gasteiger partial charge in [-0.25, -0.2) is 18.2 Å². The Bertz CT molecular complexity index is 1830. The van der Waals surface area contributed by atoms with Crippen LogP contribution in [-0.4, -0.2) is 55.1 Å². The quantitative estimate of drug-likeness (QED) is 0.205. The maximum Gasteiger partial charge on any atom is 0.355 e. The fourth-order valence-corrected chi connectivity index (χ4v) is 7.46. The van der Waals surface area contributed by atoms with Crippen molar-refractivity contribution in [2.45, 2.75) is 31.7 Å². The number of likely N-dealkylation sites (tertiary alicyclic amines) is 1. The molecule has 0 atom stereocenters. The number of pyridine rings is 1. The molecule has 218 valence electrons. The highest BCUT2D eigenvalue weighted by molar-refractivity contribution is 7.91. The van der Waals surface area contributed by atoms with Crippen molar-refractivity contribution in [3.8, 4) is 0 Å². The number of rotatable bonds is 11. The monoisotopic (exact) mass is 603 g/mol.